The highest BCUT2D eigenvalue weighted by molar-refractivity contribution is 5.94. The molecule has 0 aliphatic carbocycles. The number of carbonyl (C=O) groups is 1. The van der Waals surface area contributed by atoms with Gasteiger partial charge in [0.05, 0.1) is 18.8 Å². The maximum absolute atomic E-state index is 12.6. The molecule has 2 aliphatic heterocycles. The van der Waals surface area contributed by atoms with Gasteiger partial charge in [0.1, 0.15) is 0 Å². The van der Waals surface area contributed by atoms with E-state index in [0.29, 0.717) is 19.6 Å². The quantitative estimate of drug-likeness (QED) is 0.908. The molecule has 0 saturated carbocycles. The third-order valence-corrected chi connectivity index (χ3v) is 4.42. The van der Waals surface area contributed by atoms with Gasteiger partial charge in [0, 0.05) is 38.8 Å². The van der Waals surface area contributed by atoms with Crippen LogP contribution in [0.1, 0.15) is 29.8 Å². The van der Waals surface area contributed by atoms with E-state index in [-0.39, 0.29) is 18.1 Å². The normalized spacial score (nSPS) is 24.0. The fourth-order valence-electron chi connectivity index (χ4n) is 3.20. The molecule has 0 bridgehead atoms. The molecule has 0 aromatic heterocycles. The summed E-state index contributed by atoms with van der Waals surface area (Å²) < 4.78 is 5.69. The molecular weight excluding hydrogens is 304 g/mol. The molecule has 0 spiro atoms. The lowest BCUT2D eigenvalue weighted by molar-refractivity contribution is -0.0586. The van der Waals surface area contributed by atoms with Crippen molar-refractivity contribution in [1.29, 1.82) is 0 Å². The van der Waals surface area contributed by atoms with Crippen LogP contribution >= 0.6 is 0 Å². The van der Waals surface area contributed by atoms with Gasteiger partial charge in [-0.1, -0.05) is 12.1 Å². The fraction of sp³-hybridized carbons (Fsp3) is 0.556. The summed E-state index contributed by atoms with van der Waals surface area (Å²) in [5, 5.41) is 3.34. The molecule has 2 aliphatic rings. The van der Waals surface area contributed by atoms with Crippen LogP contribution in [0.2, 0.25) is 0 Å². The van der Waals surface area contributed by atoms with Crippen molar-refractivity contribution in [1.82, 2.24) is 15.1 Å². The summed E-state index contributed by atoms with van der Waals surface area (Å²) in [7, 11) is 2.03. The minimum Gasteiger partial charge on any atom is -0.372 e. The van der Waals surface area contributed by atoms with Gasteiger partial charge in [-0.25, -0.2) is 0 Å². The lowest BCUT2D eigenvalue weighted by atomic mass is 10.1. The Bertz CT molecular complexity index is 604. The lowest BCUT2D eigenvalue weighted by Gasteiger charge is -2.35. The Morgan fingerprint density at radius 2 is 1.92 bits per heavy atom. The number of carbonyl (C=O) groups excluding carboxylic acids is 1. The maximum atomic E-state index is 12.6. The number of ether oxygens (including phenoxy) is 1. The van der Waals surface area contributed by atoms with Crippen LogP contribution in [-0.2, 0) is 11.3 Å². The molecule has 1 N–H and O–H groups in total. The van der Waals surface area contributed by atoms with Crippen LogP contribution in [0.5, 0.6) is 0 Å². The van der Waals surface area contributed by atoms with Gasteiger partial charge in [0.15, 0.2) is 5.96 Å². The number of amides is 1. The van der Waals surface area contributed by atoms with Crippen LogP contribution in [0.4, 0.5) is 0 Å². The van der Waals surface area contributed by atoms with E-state index in [0.717, 1.165) is 30.2 Å². The summed E-state index contributed by atoms with van der Waals surface area (Å²) in [6, 6.07) is 7.82. The van der Waals surface area contributed by atoms with Crippen molar-refractivity contribution >= 4 is 11.9 Å². The van der Waals surface area contributed by atoms with Gasteiger partial charge in [-0.2, -0.15) is 0 Å². The van der Waals surface area contributed by atoms with E-state index < -0.39 is 0 Å². The number of nitrogens with zero attached hydrogens (tertiary/aromatic N) is 3. The highest BCUT2D eigenvalue weighted by Gasteiger charge is 2.26. The van der Waals surface area contributed by atoms with Crippen molar-refractivity contribution in [2.24, 2.45) is 4.99 Å². The fourth-order valence-corrected chi connectivity index (χ4v) is 3.20. The molecule has 130 valence electrons. The van der Waals surface area contributed by atoms with Crippen molar-refractivity contribution in [3.05, 3.63) is 35.4 Å². The van der Waals surface area contributed by atoms with Gasteiger partial charge in [0.25, 0.3) is 5.91 Å². The Morgan fingerprint density at radius 3 is 2.50 bits per heavy atom. The van der Waals surface area contributed by atoms with Crippen molar-refractivity contribution in [3.8, 4) is 0 Å². The van der Waals surface area contributed by atoms with E-state index in [9.17, 15) is 4.79 Å². The minimum atomic E-state index is 0.0800. The average molecular weight is 330 g/mol. The number of hydrogen-bond acceptors (Lipinski definition) is 5. The van der Waals surface area contributed by atoms with Gasteiger partial charge in [-0.05, 0) is 31.5 Å². The van der Waals surface area contributed by atoms with E-state index >= 15 is 0 Å². The van der Waals surface area contributed by atoms with Crippen molar-refractivity contribution in [2.45, 2.75) is 32.6 Å². The first-order chi connectivity index (χ1) is 11.5. The molecule has 24 heavy (non-hydrogen) atoms. The zero-order valence-electron chi connectivity index (χ0n) is 14.7. The first-order valence-corrected chi connectivity index (χ1v) is 8.56. The van der Waals surface area contributed by atoms with Crippen LogP contribution in [-0.4, -0.2) is 67.1 Å². The van der Waals surface area contributed by atoms with Gasteiger partial charge in [0.2, 0.25) is 0 Å². The number of rotatable bonds is 3. The molecule has 3 rings (SSSR count). The minimum absolute atomic E-state index is 0.0800. The predicted molar refractivity (Wildman–Crippen MR) is 94.1 cm³/mol. The smallest absolute Gasteiger partial charge is 0.254 e. The van der Waals surface area contributed by atoms with Gasteiger partial charge in [-0.3, -0.25) is 9.79 Å². The molecule has 1 amide bonds. The zero-order chi connectivity index (χ0) is 17.1. The number of benzene rings is 1. The Hall–Kier alpha value is -2.08. The Morgan fingerprint density at radius 1 is 1.25 bits per heavy atom. The Balaban J connectivity index is 1.58. The zero-order valence-corrected chi connectivity index (χ0v) is 14.7. The van der Waals surface area contributed by atoms with Gasteiger partial charge < -0.3 is 19.9 Å². The maximum Gasteiger partial charge on any atom is 0.254 e. The summed E-state index contributed by atoms with van der Waals surface area (Å²) in [5.74, 6) is 1.02. The van der Waals surface area contributed by atoms with Crippen molar-refractivity contribution < 1.29 is 9.53 Å². The van der Waals surface area contributed by atoms with Crippen LogP contribution in [0.15, 0.2) is 29.3 Å². The van der Waals surface area contributed by atoms with E-state index in [4.69, 9.17) is 4.74 Å². The summed E-state index contributed by atoms with van der Waals surface area (Å²) in [6.45, 7) is 7.84. The first kappa shape index (κ1) is 16.8. The van der Waals surface area contributed by atoms with E-state index in [1.807, 2.05) is 50.1 Å². The van der Waals surface area contributed by atoms with Gasteiger partial charge in [-0.15, -0.1) is 0 Å². The Labute approximate surface area is 143 Å². The van der Waals surface area contributed by atoms with Crippen molar-refractivity contribution in [3.63, 3.8) is 0 Å². The lowest BCUT2D eigenvalue weighted by Crippen LogP contribution is -2.48. The predicted octanol–water partition coefficient (Wildman–Crippen LogP) is 1.33. The summed E-state index contributed by atoms with van der Waals surface area (Å²) in [6.07, 6.45) is 0.177. The van der Waals surface area contributed by atoms with Crippen LogP contribution in [0, 0.1) is 0 Å². The molecule has 1 aromatic rings. The summed E-state index contributed by atoms with van der Waals surface area (Å²) in [4.78, 5) is 21.0. The third kappa shape index (κ3) is 3.87. The monoisotopic (exact) mass is 330 g/mol. The number of morpholine rings is 1. The highest BCUT2D eigenvalue weighted by atomic mass is 16.5. The number of guanidine groups is 1. The molecule has 2 unspecified atom stereocenters. The van der Waals surface area contributed by atoms with Gasteiger partial charge >= 0.3 is 0 Å². The topological polar surface area (TPSA) is 57.2 Å². The summed E-state index contributed by atoms with van der Waals surface area (Å²) in [5.41, 5.74) is 1.87. The number of nitrogens with one attached hydrogen (secondary N) is 1. The number of likely N-dealkylation sites (N-methyl/N-ethyl adjacent to an activating group) is 1. The second-order valence-electron chi connectivity index (χ2n) is 6.64. The summed E-state index contributed by atoms with van der Waals surface area (Å²) >= 11 is 0. The van der Waals surface area contributed by atoms with E-state index in [1.54, 1.807) is 0 Å². The second kappa shape index (κ2) is 7.21. The molecule has 2 atom stereocenters. The Kier molecular flexibility index (Phi) is 5.04. The van der Waals surface area contributed by atoms with E-state index in [1.165, 1.54) is 0 Å². The van der Waals surface area contributed by atoms with E-state index in [2.05, 4.69) is 15.2 Å². The second-order valence-corrected chi connectivity index (χ2v) is 6.64. The molecule has 2 heterocycles. The first-order valence-electron chi connectivity index (χ1n) is 8.56. The molecule has 6 nitrogen and oxygen atoms in total. The van der Waals surface area contributed by atoms with Crippen molar-refractivity contribution in [2.75, 3.05) is 33.2 Å². The number of hydrogen-bond donors (Lipinski definition) is 1. The largest absolute Gasteiger partial charge is 0.372 e. The number of aliphatic imine (C=N–C) groups is 1. The molecular formula is C18H26N4O2. The standard InChI is InChI=1S/C18H26N4O2/c1-13-11-22(12-14(2)24-13)17(23)16-6-4-15(5-7-16)10-20-18-19-8-9-21(18)3/h4-7,13-14H,8-12H2,1-3H3,(H,19,20). The molecule has 0 radical (unpaired) electrons. The average Bonchev–Trinajstić information content (AvgIpc) is 2.97. The van der Waals surface area contributed by atoms with Crippen LogP contribution in [0.3, 0.4) is 0 Å². The van der Waals surface area contributed by atoms with Crippen LogP contribution in [0.25, 0.3) is 0 Å². The van der Waals surface area contributed by atoms with Crippen LogP contribution < -0.4 is 5.32 Å². The molecule has 6 heteroatoms. The SMILES string of the molecule is CC1CN(C(=O)c2ccc(CNC3=NCCN3C)cc2)CC(C)O1. The third-order valence-electron chi connectivity index (χ3n) is 4.42. The molecule has 1 saturated heterocycles. The molecule has 1 aromatic carbocycles. The molecule has 1 fully saturated rings. The highest BCUT2D eigenvalue weighted by Crippen LogP contribution is 2.15.